The van der Waals surface area contributed by atoms with E-state index in [2.05, 4.69) is 25.9 Å². The fourth-order valence-corrected chi connectivity index (χ4v) is 3.30. The summed E-state index contributed by atoms with van der Waals surface area (Å²) < 4.78 is 63.5. The fourth-order valence-electron chi connectivity index (χ4n) is 3.30. The van der Waals surface area contributed by atoms with E-state index in [9.17, 15) is 32.3 Å². The second-order valence-electron chi connectivity index (χ2n) is 7.95. The number of aromatic hydroxyl groups is 1. The summed E-state index contributed by atoms with van der Waals surface area (Å²) in [4.78, 5) is 23.8. The number of benzene rings is 2. The van der Waals surface area contributed by atoms with E-state index < -0.39 is 42.3 Å². The Morgan fingerprint density at radius 1 is 1.14 bits per heavy atom. The van der Waals surface area contributed by atoms with Crippen molar-refractivity contribution in [3.8, 4) is 17.2 Å². The third-order valence-corrected chi connectivity index (χ3v) is 5.16. The molecule has 0 aliphatic rings. The number of tetrazole rings is 1. The van der Waals surface area contributed by atoms with Crippen molar-refractivity contribution in [3.05, 3.63) is 52.6 Å². The number of Topliss-reactive ketones (excluding diaryl/α,β-unsaturated/α-hetero) is 1. The van der Waals surface area contributed by atoms with Crippen LogP contribution in [0.2, 0.25) is 0 Å². The van der Waals surface area contributed by atoms with E-state index >= 15 is 0 Å². The van der Waals surface area contributed by atoms with Crippen LogP contribution in [0.3, 0.4) is 0 Å². The van der Waals surface area contributed by atoms with Gasteiger partial charge in [0.15, 0.2) is 17.3 Å². The molecule has 3 N–H and O–H groups in total. The lowest BCUT2D eigenvalue weighted by atomic mass is 10.0. The number of phenolic OH excluding ortho intramolecular Hbond substituents is 1. The standard InChI is InChI=1S/C23H23F4N5O5/c1-12-10-16(24)19(11-17(12)28-22(35)21-29-31-32-30-21)37-9-3-8-36-18-5-4-14(13(2)33)20(34)15(18)6-7-23(25,26)27/h4-5,10-11,34H,3,6-9H2,1-2H3,(H,28,35)(H,29,30,31,32). The first kappa shape index (κ1) is 27.4. The highest BCUT2D eigenvalue weighted by molar-refractivity contribution is 6.01. The highest BCUT2D eigenvalue weighted by Crippen LogP contribution is 2.35. The van der Waals surface area contributed by atoms with Crippen molar-refractivity contribution < 1.29 is 41.7 Å². The number of rotatable bonds is 11. The van der Waals surface area contributed by atoms with Crippen LogP contribution in [0.25, 0.3) is 0 Å². The highest BCUT2D eigenvalue weighted by Gasteiger charge is 2.29. The van der Waals surface area contributed by atoms with Crippen molar-refractivity contribution in [2.45, 2.75) is 39.3 Å². The van der Waals surface area contributed by atoms with E-state index in [0.29, 0.717) is 5.56 Å². The molecule has 0 spiro atoms. The molecule has 0 unspecified atom stereocenters. The third-order valence-electron chi connectivity index (χ3n) is 5.16. The Bertz CT molecular complexity index is 1270. The largest absolute Gasteiger partial charge is 0.507 e. The van der Waals surface area contributed by atoms with E-state index in [0.717, 1.165) is 0 Å². The third kappa shape index (κ3) is 7.38. The zero-order valence-electron chi connectivity index (χ0n) is 19.8. The van der Waals surface area contributed by atoms with Gasteiger partial charge in [-0.2, -0.15) is 18.4 Å². The predicted molar refractivity (Wildman–Crippen MR) is 121 cm³/mol. The molecule has 3 aromatic rings. The van der Waals surface area contributed by atoms with Gasteiger partial charge in [0.05, 0.1) is 18.8 Å². The molecule has 0 atom stereocenters. The number of halogens is 4. The molecule has 2 aromatic carbocycles. The van der Waals surface area contributed by atoms with Gasteiger partial charge in [0.2, 0.25) is 0 Å². The predicted octanol–water partition coefficient (Wildman–Crippen LogP) is 4.15. The number of ketones is 1. The number of H-pyrrole nitrogens is 1. The van der Waals surface area contributed by atoms with E-state index in [1.165, 1.54) is 31.2 Å². The number of nitrogens with zero attached hydrogens (tertiary/aromatic N) is 3. The Hall–Kier alpha value is -4.23. The Kier molecular flexibility index (Phi) is 8.63. The van der Waals surface area contributed by atoms with Crippen molar-refractivity contribution in [1.82, 2.24) is 20.6 Å². The number of amides is 1. The van der Waals surface area contributed by atoms with Crippen LogP contribution in [-0.2, 0) is 6.42 Å². The Balaban J connectivity index is 1.61. The monoisotopic (exact) mass is 525 g/mol. The molecule has 0 radical (unpaired) electrons. The first-order chi connectivity index (χ1) is 17.5. The summed E-state index contributed by atoms with van der Waals surface area (Å²) in [6, 6.07) is 5.05. The number of carbonyl (C=O) groups is 2. The van der Waals surface area contributed by atoms with Crippen LogP contribution in [0.1, 0.15) is 51.9 Å². The lowest BCUT2D eigenvalue weighted by Crippen LogP contribution is -2.15. The Morgan fingerprint density at radius 3 is 2.46 bits per heavy atom. The number of phenols is 1. The summed E-state index contributed by atoms with van der Waals surface area (Å²) in [5.41, 5.74) is 0.450. The summed E-state index contributed by atoms with van der Waals surface area (Å²) in [5, 5.41) is 25.4. The number of carbonyl (C=O) groups excluding carboxylic acids is 2. The first-order valence-electron chi connectivity index (χ1n) is 11.0. The summed E-state index contributed by atoms with van der Waals surface area (Å²) in [6.45, 7) is 2.70. The van der Waals surface area contributed by atoms with Gasteiger partial charge >= 0.3 is 6.18 Å². The number of nitrogens with one attached hydrogen (secondary N) is 2. The number of ether oxygens (including phenoxy) is 2. The summed E-state index contributed by atoms with van der Waals surface area (Å²) >= 11 is 0. The second-order valence-corrected chi connectivity index (χ2v) is 7.95. The second kappa shape index (κ2) is 11.7. The first-order valence-corrected chi connectivity index (χ1v) is 11.0. The quantitative estimate of drug-likeness (QED) is 0.193. The molecule has 1 heterocycles. The van der Waals surface area contributed by atoms with Gasteiger partial charge in [0.25, 0.3) is 11.7 Å². The van der Waals surface area contributed by atoms with Gasteiger partial charge in [-0.05, 0) is 49.2 Å². The number of hydrogen-bond acceptors (Lipinski definition) is 8. The highest BCUT2D eigenvalue weighted by atomic mass is 19.4. The normalized spacial score (nSPS) is 11.3. The van der Waals surface area contributed by atoms with Crippen LogP contribution in [0.5, 0.6) is 17.2 Å². The number of aromatic nitrogens is 4. The molecule has 198 valence electrons. The van der Waals surface area contributed by atoms with E-state index in [4.69, 9.17) is 9.47 Å². The molecule has 0 bridgehead atoms. The molecule has 0 saturated heterocycles. The van der Waals surface area contributed by atoms with Gasteiger partial charge in [-0.1, -0.05) is 0 Å². The zero-order valence-corrected chi connectivity index (χ0v) is 19.8. The molecule has 10 nitrogen and oxygen atoms in total. The molecule has 0 fully saturated rings. The maximum atomic E-state index is 14.3. The smallest absolute Gasteiger partial charge is 0.389 e. The van der Waals surface area contributed by atoms with Crippen molar-refractivity contribution in [3.63, 3.8) is 0 Å². The molecule has 37 heavy (non-hydrogen) atoms. The molecule has 1 amide bonds. The molecular weight excluding hydrogens is 502 g/mol. The minimum atomic E-state index is -4.47. The number of alkyl halides is 3. The average Bonchev–Trinajstić information content (AvgIpc) is 3.35. The average molecular weight is 525 g/mol. The van der Waals surface area contributed by atoms with E-state index in [1.807, 2.05) is 0 Å². The van der Waals surface area contributed by atoms with Crippen LogP contribution >= 0.6 is 0 Å². The zero-order chi connectivity index (χ0) is 27.2. The molecule has 0 saturated carbocycles. The SMILES string of the molecule is CC(=O)c1ccc(OCCCOc2cc(NC(=O)c3nn[nH]n3)c(C)cc2F)c(CCC(F)(F)F)c1O. The summed E-state index contributed by atoms with van der Waals surface area (Å²) in [6.07, 6.45) is -6.05. The maximum Gasteiger partial charge on any atom is 0.389 e. The van der Waals surface area contributed by atoms with Crippen LogP contribution in [0.4, 0.5) is 23.2 Å². The van der Waals surface area contributed by atoms with Crippen LogP contribution in [0, 0.1) is 12.7 Å². The van der Waals surface area contributed by atoms with E-state index in [1.54, 1.807) is 6.92 Å². The van der Waals surface area contributed by atoms with Gasteiger partial charge in [-0.25, -0.2) is 4.39 Å². The summed E-state index contributed by atoms with van der Waals surface area (Å²) in [5.74, 6) is -2.75. The van der Waals surface area contributed by atoms with Crippen LogP contribution in [0.15, 0.2) is 24.3 Å². The number of hydrogen-bond donors (Lipinski definition) is 3. The topological polar surface area (TPSA) is 139 Å². The van der Waals surface area contributed by atoms with Gasteiger partial charge < -0.3 is 19.9 Å². The fraction of sp³-hybridized carbons (Fsp3) is 0.348. The molecular formula is C23H23F4N5O5. The van der Waals surface area contributed by atoms with Crippen molar-refractivity contribution in [2.24, 2.45) is 0 Å². The minimum absolute atomic E-state index is 0.000249. The van der Waals surface area contributed by atoms with E-state index in [-0.39, 0.29) is 53.8 Å². The van der Waals surface area contributed by atoms with Gasteiger partial charge in [-0.3, -0.25) is 9.59 Å². The molecule has 14 heteroatoms. The summed E-state index contributed by atoms with van der Waals surface area (Å²) in [7, 11) is 0. The minimum Gasteiger partial charge on any atom is -0.507 e. The Labute approximate surface area is 208 Å². The lowest BCUT2D eigenvalue weighted by Gasteiger charge is -2.16. The van der Waals surface area contributed by atoms with Crippen molar-refractivity contribution in [2.75, 3.05) is 18.5 Å². The number of anilines is 1. The molecule has 0 aliphatic heterocycles. The molecule has 1 aromatic heterocycles. The Morgan fingerprint density at radius 2 is 1.84 bits per heavy atom. The van der Waals surface area contributed by atoms with Gasteiger partial charge in [0, 0.05) is 30.2 Å². The van der Waals surface area contributed by atoms with Crippen LogP contribution in [-0.4, -0.2) is 56.8 Å². The van der Waals surface area contributed by atoms with Crippen molar-refractivity contribution >= 4 is 17.4 Å². The molecule has 3 rings (SSSR count). The van der Waals surface area contributed by atoms with Crippen LogP contribution < -0.4 is 14.8 Å². The number of aryl methyl sites for hydroxylation is 1. The molecule has 0 aliphatic carbocycles. The number of aromatic amines is 1. The van der Waals surface area contributed by atoms with Crippen molar-refractivity contribution in [1.29, 1.82) is 0 Å². The van der Waals surface area contributed by atoms with Gasteiger partial charge in [0.1, 0.15) is 11.5 Å². The maximum absolute atomic E-state index is 14.3. The van der Waals surface area contributed by atoms with Gasteiger partial charge in [-0.15, -0.1) is 10.2 Å². The lowest BCUT2D eigenvalue weighted by molar-refractivity contribution is -0.134.